The fraction of sp³-hybridized carbons (Fsp3) is 0.500. The van der Waals surface area contributed by atoms with Crippen LogP contribution in [0.3, 0.4) is 0 Å². The zero-order valence-corrected chi connectivity index (χ0v) is 11.8. The lowest BCUT2D eigenvalue weighted by atomic mass is 9.81. The molecule has 4 nitrogen and oxygen atoms in total. The van der Waals surface area contributed by atoms with Crippen LogP contribution in [0.4, 0.5) is 0 Å². The standard InChI is InChI=1S/C16H20N2O2/c1-16(13-5-3-2-4-6-13)9-14(19)18(15(16)20)11-12-7-8-17-10-12/h2-6,12,17H,7-11H2,1H3. The zero-order chi connectivity index (χ0) is 14.2. The van der Waals surface area contributed by atoms with Crippen molar-refractivity contribution < 1.29 is 9.59 Å². The summed E-state index contributed by atoms with van der Waals surface area (Å²) in [6.07, 6.45) is 1.33. The maximum Gasteiger partial charge on any atom is 0.240 e. The molecule has 1 aromatic carbocycles. The van der Waals surface area contributed by atoms with E-state index in [1.807, 2.05) is 37.3 Å². The number of likely N-dealkylation sites (tertiary alicyclic amines) is 1. The quantitative estimate of drug-likeness (QED) is 0.844. The summed E-state index contributed by atoms with van der Waals surface area (Å²) in [5, 5.41) is 3.28. The number of nitrogens with one attached hydrogen (secondary N) is 1. The molecule has 106 valence electrons. The first-order valence-corrected chi connectivity index (χ1v) is 7.22. The highest BCUT2D eigenvalue weighted by molar-refractivity contribution is 6.08. The number of benzene rings is 1. The first-order chi connectivity index (χ1) is 9.61. The third kappa shape index (κ3) is 2.14. The lowest BCUT2D eigenvalue weighted by Gasteiger charge is -2.24. The monoisotopic (exact) mass is 272 g/mol. The van der Waals surface area contributed by atoms with Crippen LogP contribution >= 0.6 is 0 Å². The molecule has 0 saturated carbocycles. The molecule has 2 fully saturated rings. The van der Waals surface area contributed by atoms with Crippen LogP contribution in [0.15, 0.2) is 30.3 Å². The molecule has 0 bridgehead atoms. The Morgan fingerprint density at radius 1 is 1.30 bits per heavy atom. The van der Waals surface area contributed by atoms with E-state index in [1.165, 1.54) is 4.90 Å². The highest BCUT2D eigenvalue weighted by Gasteiger charge is 2.49. The van der Waals surface area contributed by atoms with Crippen LogP contribution in [-0.2, 0) is 15.0 Å². The van der Waals surface area contributed by atoms with E-state index in [9.17, 15) is 9.59 Å². The molecule has 2 atom stereocenters. The first kappa shape index (κ1) is 13.3. The van der Waals surface area contributed by atoms with Gasteiger partial charge < -0.3 is 5.32 Å². The molecule has 2 aliphatic heterocycles. The maximum absolute atomic E-state index is 12.7. The van der Waals surface area contributed by atoms with Gasteiger partial charge >= 0.3 is 0 Å². The summed E-state index contributed by atoms with van der Waals surface area (Å²) in [6.45, 7) is 4.33. The smallest absolute Gasteiger partial charge is 0.240 e. The fourth-order valence-corrected chi connectivity index (χ4v) is 3.23. The maximum atomic E-state index is 12.7. The number of hydrogen-bond acceptors (Lipinski definition) is 3. The molecule has 2 saturated heterocycles. The lowest BCUT2D eigenvalue weighted by Crippen LogP contribution is -2.39. The Kier molecular flexibility index (Phi) is 3.34. The van der Waals surface area contributed by atoms with E-state index in [-0.39, 0.29) is 18.2 Å². The topological polar surface area (TPSA) is 49.4 Å². The largest absolute Gasteiger partial charge is 0.316 e. The van der Waals surface area contributed by atoms with Gasteiger partial charge in [-0.25, -0.2) is 0 Å². The molecule has 0 radical (unpaired) electrons. The Morgan fingerprint density at radius 2 is 2.05 bits per heavy atom. The van der Waals surface area contributed by atoms with Gasteiger partial charge in [0.1, 0.15) is 0 Å². The third-order valence-corrected chi connectivity index (χ3v) is 4.54. The van der Waals surface area contributed by atoms with Crippen molar-refractivity contribution in [1.82, 2.24) is 10.2 Å². The van der Waals surface area contributed by atoms with Crippen LogP contribution in [0.25, 0.3) is 0 Å². The van der Waals surface area contributed by atoms with Crippen LogP contribution in [0.2, 0.25) is 0 Å². The van der Waals surface area contributed by atoms with Gasteiger partial charge in [-0.15, -0.1) is 0 Å². The van der Waals surface area contributed by atoms with Gasteiger partial charge in [0.2, 0.25) is 11.8 Å². The Balaban J connectivity index is 1.82. The van der Waals surface area contributed by atoms with Crippen molar-refractivity contribution in [2.75, 3.05) is 19.6 Å². The Labute approximate surface area is 119 Å². The van der Waals surface area contributed by atoms with E-state index in [0.717, 1.165) is 25.1 Å². The van der Waals surface area contributed by atoms with Crippen molar-refractivity contribution in [2.45, 2.75) is 25.2 Å². The summed E-state index contributed by atoms with van der Waals surface area (Å²) in [5.41, 5.74) is 0.245. The molecule has 2 unspecified atom stereocenters. The van der Waals surface area contributed by atoms with Crippen LogP contribution in [0, 0.1) is 5.92 Å². The minimum Gasteiger partial charge on any atom is -0.316 e. The molecule has 2 amide bonds. The molecular weight excluding hydrogens is 252 g/mol. The van der Waals surface area contributed by atoms with Crippen LogP contribution in [-0.4, -0.2) is 36.3 Å². The van der Waals surface area contributed by atoms with Crippen LogP contribution in [0.5, 0.6) is 0 Å². The summed E-state index contributed by atoms with van der Waals surface area (Å²) in [7, 11) is 0. The normalized spacial score (nSPS) is 30.2. The number of carbonyl (C=O) groups excluding carboxylic acids is 2. The molecule has 20 heavy (non-hydrogen) atoms. The van der Waals surface area contributed by atoms with Crippen molar-refractivity contribution >= 4 is 11.8 Å². The summed E-state index contributed by atoms with van der Waals surface area (Å²) in [5.74, 6) is 0.329. The average Bonchev–Trinajstić information content (AvgIpc) is 3.04. The molecule has 2 aliphatic rings. The second kappa shape index (κ2) is 5.02. The first-order valence-electron chi connectivity index (χ1n) is 7.22. The summed E-state index contributed by atoms with van der Waals surface area (Å²) >= 11 is 0. The number of imide groups is 1. The molecule has 0 spiro atoms. The van der Waals surface area contributed by atoms with Crippen LogP contribution < -0.4 is 5.32 Å². The summed E-state index contributed by atoms with van der Waals surface area (Å²) in [4.78, 5) is 26.4. The number of carbonyl (C=O) groups is 2. The summed E-state index contributed by atoms with van der Waals surface area (Å²) in [6, 6.07) is 9.64. The second-order valence-corrected chi connectivity index (χ2v) is 6.04. The van der Waals surface area contributed by atoms with Gasteiger partial charge in [0.25, 0.3) is 0 Å². The molecule has 0 aromatic heterocycles. The van der Waals surface area contributed by atoms with Crippen molar-refractivity contribution in [3.05, 3.63) is 35.9 Å². The van der Waals surface area contributed by atoms with E-state index < -0.39 is 5.41 Å². The molecule has 2 heterocycles. The molecule has 0 aliphatic carbocycles. The average molecular weight is 272 g/mol. The van der Waals surface area contributed by atoms with Gasteiger partial charge in [-0.05, 0) is 37.9 Å². The Morgan fingerprint density at radius 3 is 2.70 bits per heavy atom. The van der Waals surface area contributed by atoms with Gasteiger partial charge in [0.05, 0.1) is 5.41 Å². The molecule has 3 rings (SSSR count). The van der Waals surface area contributed by atoms with E-state index in [4.69, 9.17) is 0 Å². The number of hydrogen-bond donors (Lipinski definition) is 1. The van der Waals surface area contributed by atoms with Gasteiger partial charge in [-0.2, -0.15) is 0 Å². The highest BCUT2D eigenvalue weighted by atomic mass is 16.2. The van der Waals surface area contributed by atoms with Gasteiger partial charge in [-0.1, -0.05) is 30.3 Å². The van der Waals surface area contributed by atoms with Gasteiger partial charge in [0, 0.05) is 13.0 Å². The van der Waals surface area contributed by atoms with Crippen molar-refractivity contribution in [3.63, 3.8) is 0 Å². The molecule has 4 heteroatoms. The lowest BCUT2D eigenvalue weighted by molar-refractivity contribution is -0.140. The van der Waals surface area contributed by atoms with E-state index in [2.05, 4.69) is 5.32 Å². The number of amides is 2. The predicted octanol–water partition coefficient (Wildman–Crippen LogP) is 1.31. The van der Waals surface area contributed by atoms with Crippen molar-refractivity contribution in [1.29, 1.82) is 0 Å². The molecule has 1 N–H and O–H groups in total. The third-order valence-electron chi connectivity index (χ3n) is 4.54. The highest BCUT2D eigenvalue weighted by Crippen LogP contribution is 2.36. The minimum atomic E-state index is -0.690. The fourth-order valence-electron chi connectivity index (χ4n) is 3.23. The zero-order valence-electron chi connectivity index (χ0n) is 11.8. The SMILES string of the molecule is CC1(c2ccccc2)CC(=O)N(CC2CCNC2)C1=O. The second-order valence-electron chi connectivity index (χ2n) is 6.04. The molecular formula is C16H20N2O2. The van der Waals surface area contributed by atoms with Crippen molar-refractivity contribution in [3.8, 4) is 0 Å². The Bertz CT molecular complexity index is 523. The minimum absolute atomic E-state index is 0.0340. The van der Waals surface area contributed by atoms with E-state index in [0.29, 0.717) is 12.5 Å². The van der Waals surface area contributed by atoms with Crippen LogP contribution in [0.1, 0.15) is 25.3 Å². The number of rotatable bonds is 3. The predicted molar refractivity (Wildman–Crippen MR) is 76.1 cm³/mol. The van der Waals surface area contributed by atoms with E-state index >= 15 is 0 Å². The van der Waals surface area contributed by atoms with Gasteiger partial charge in [-0.3, -0.25) is 14.5 Å². The van der Waals surface area contributed by atoms with Crippen molar-refractivity contribution in [2.24, 2.45) is 5.92 Å². The molecule has 1 aromatic rings. The Hall–Kier alpha value is -1.68. The summed E-state index contributed by atoms with van der Waals surface area (Å²) < 4.78 is 0. The van der Waals surface area contributed by atoms with E-state index in [1.54, 1.807) is 0 Å². The number of nitrogens with zero attached hydrogens (tertiary/aromatic N) is 1. The van der Waals surface area contributed by atoms with Gasteiger partial charge in [0.15, 0.2) is 0 Å².